The second-order valence-corrected chi connectivity index (χ2v) is 6.53. The largest absolute Gasteiger partial charge is 0.381 e. The minimum Gasteiger partial charge on any atom is -0.381 e. The van der Waals surface area contributed by atoms with Gasteiger partial charge in [0.25, 0.3) is 0 Å². The fourth-order valence-corrected chi connectivity index (χ4v) is 3.94. The Hall–Kier alpha value is -0.670. The molecule has 0 aromatic heterocycles. The van der Waals surface area contributed by atoms with Crippen molar-refractivity contribution in [1.29, 1.82) is 0 Å². The van der Waals surface area contributed by atoms with Gasteiger partial charge in [-0.15, -0.1) is 0 Å². The molecule has 3 heteroatoms. The minimum atomic E-state index is 0.680. The van der Waals surface area contributed by atoms with Gasteiger partial charge in [-0.2, -0.15) is 11.8 Å². The summed E-state index contributed by atoms with van der Waals surface area (Å²) in [6.07, 6.45) is 4.05. The number of likely N-dealkylation sites (tertiary alicyclic amines) is 1. The fraction of sp³-hybridized carbons (Fsp3) is 0.600. The standard InChI is InChI=1S/C15H22N2S/c1-2-9-17(8-1)11-13-3-5-14(6-4-13)16-15-7-10-18-12-15/h3-6,15-16H,1-2,7-12H2. The second kappa shape index (κ2) is 5.98. The lowest BCUT2D eigenvalue weighted by Crippen LogP contribution is -2.19. The zero-order chi connectivity index (χ0) is 12.2. The number of thioether (sulfide) groups is 1. The smallest absolute Gasteiger partial charge is 0.0359 e. The molecule has 0 bridgehead atoms. The number of nitrogens with one attached hydrogen (secondary N) is 1. The summed E-state index contributed by atoms with van der Waals surface area (Å²) in [5.41, 5.74) is 2.73. The number of nitrogens with zero attached hydrogens (tertiary/aromatic N) is 1. The Morgan fingerprint density at radius 2 is 1.94 bits per heavy atom. The highest BCUT2D eigenvalue weighted by Gasteiger charge is 2.15. The lowest BCUT2D eigenvalue weighted by Gasteiger charge is -2.16. The summed E-state index contributed by atoms with van der Waals surface area (Å²) < 4.78 is 0. The Morgan fingerprint density at radius 1 is 1.17 bits per heavy atom. The van der Waals surface area contributed by atoms with Crippen molar-refractivity contribution in [2.75, 3.05) is 29.9 Å². The highest BCUT2D eigenvalue weighted by atomic mass is 32.2. The number of hydrogen-bond donors (Lipinski definition) is 1. The fourth-order valence-electron chi connectivity index (χ4n) is 2.79. The highest BCUT2D eigenvalue weighted by Crippen LogP contribution is 2.22. The van der Waals surface area contributed by atoms with Crippen molar-refractivity contribution < 1.29 is 0 Å². The van der Waals surface area contributed by atoms with Crippen LogP contribution in [0.3, 0.4) is 0 Å². The summed E-state index contributed by atoms with van der Waals surface area (Å²) >= 11 is 2.06. The number of rotatable bonds is 4. The molecule has 2 heterocycles. The van der Waals surface area contributed by atoms with Crippen molar-refractivity contribution in [2.45, 2.75) is 31.8 Å². The monoisotopic (exact) mass is 262 g/mol. The summed E-state index contributed by atoms with van der Waals surface area (Å²) in [4.78, 5) is 2.55. The summed E-state index contributed by atoms with van der Waals surface area (Å²) in [5.74, 6) is 2.57. The molecule has 18 heavy (non-hydrogen) atoms. The zero-order valence-electron chi connectivity index (χ0n) is 10.9. The predicted molar refractivity (Wildman–Crippen MR) is 80.3 cm³/mol. The van der Waals surface area contributed by atoms with E-state index >= 15 is 0 Å². The van der Waals surface area contributed by atoms with Crippen molar-refractivity contribution in [1.82, 2.24) is 4.90 Å². The second-order valence-electron chi connectivity index (χ2n) is 5.39. The predicted octanol–water partition coefficient (Wildman–Crippen LogP) is 3.20. The molecule has 2 aliphatic rings. The van der Waals surface area contributed by atoms with Gasteiger partial charge in [0.1, 0.15) is 0 Å². The van der Waals surface area contributed by atoms with E-state index in [0.29, 0.717) is 6.04 Å². The first kappa shape index (κ1) is 12.4. The molecule has 0 saturated carbocycles. The van der Waals surface area contributed by atoms with Gasteiger partial charge in [-0.3, -0.25) is 4.90 Å². The number of benzene rings is 1. The lowest BCUT2D eigenvalue weighted by molar-refractivity contribution is 0.331. The number of anilines is 1. The Labute approximate surface area is 114 Å². The van der Waals surface area contributed by atoms with Crippen LogP contribution in [-0.4, -0.2) is 35.5 Å². The maximum Gasteiger partial charge on any atom is 0.0359 e. The van der Waals surface area contributed by atoms with Crippen LogP contribution in [0.4, 0.5) is 5.69 Å². The van der Waals surface area contributed by atoms with Crippen LogP contribution < -0.4 is 5.32 Å². The first-order valence-corrected chi connectivity index (χ1v) is 8.21. The molecule has 3 rings (SSSR count). The Morgan fingerprint density at radius 3 is 2.61 bits per heavy atom. The lowest BCUT2D eigenvalue weighted by atomic mass is 10.1. The van der Waals surface area contributed by atoms with Gasteiger partial charge in [0.15, 0.2) is 0 Å². The maximum absolute atomic E-state index is 3.63. The molecule has 0 radical (unpaired) electrons. The molecule has 0 aliphatic carbocycles. The van der Waals surface area contributed by atoms with Gasteiger partial charge in [0, 0.05) is 24.0 Å². The molecule has 2 saturated heterocycles. The van der Waals surface area contributed by atoms with Crippen LogP contribution in [0.25, 0.3) is 0 Å². The van der Waals surface area contributed by atoms with Crippen LogP contribution in [0.15, 0.2) is 24.3 Å². The van der Waals surface area contributed by atoms with E-state index in [9.17, 15) is 0 Å². The van der Waals surface area contributed by atoms with Gasteiger partial charge in [0.2, 0.25) is 0 Å². The molecule has 1 N–H and O–H groups in total. The first-order valence-electron chi connectivity index (χ1n) is 7.06. The van der Waals surface area contributed by atoms with E-state index in [2.05, 4.69) is 46.2 Å². The first-order chi connectivity index (χ1) is 8.90. The Bertz CT molecular complexity index is 328. The van der Waals surface area contributed by atoms with Crippen molar-refractivity contribution in [3.05, 3.63) is 29.8 Å². The van der Waals surface area contributed by atoms with Crippen LogP contribution in [0, 0.1) is 0 Å². The third-order valence-electron chi connectivity index (χ3n) is 3.86. The Kier molecular flexibility index (Phi) is 4.11. The van der Waals surface area contributed by atoms with Crippen LogP contribution in [0.1, 0.15) is 24.8 Å². The summed E-state index contributed by atoms with van der Waals surface area (Å²) in [5, 5.41) is 3.63. The molecule has 2 aliphatic heterocycles. The molecule has 2 fully saturated rings. The van der Waals surface area contributed by atoms with E-state index in [-0.39, 0.29) is 0 Å². The minimum absolute atomic E-state index is 0.680. The van der Waals surface area contributed by atoms with E-state index < -0.39 is 0 Å². The van der Waals surface area contributed by atoms with Gasteiger partial charge in [-0.05, 0) is 55.8 Å². The van der Waals surface area contributed by atoms with Gasteiger partial charge < -0.3 is 5.32 Å². The maximum atomic E-state index is 3.63. The van der Waals surface area contributed by atoms with E-state index in [4.69, 9.17) is 0 Å². The van der Waals surface area contributed by atoms with Crippen molar-refractivity contribution in [2.24, 2.45) is 0 Å². The van der Waals surface area contributed by atoms with Crippen LogP contribution in [-0.2, 0) is 6.54 Å². The van der Waals surface area contributed by atoms with E-state index in [1.807, 2.05) is 0 Å². The van der Waals surface area contributed by atoms with Crippen molar-refractivity contribution >= 4 is 17.4 Å². The van der Waals surface area contributed by atoms with Crippen LogP contribution >= 0.6 is 11.8 Å². The molecule has 1 aromatic rings. The molecule has 2 nitrogen and oxygen atoms in total. The highest BCUT2D eigenvalue weighted by molar-refractivity contribution is 7.99. The Balaban J connectivity index is 1.54. The van der Waals surface area contributed by atoms with Gasteiger partial charge >= 0.3 is 0 Å². The van der Waals surface area contributed by atoms with Crippen LogP contribution in [0.2, 0.25) is 0 Å². The molecule has 0 amide bonds. The summed E-state index contributed by atoms with van der Waals surface area (Å²) in [7, 11) is 0. The topological polar surface area (TPSA) is 15.3 Å². The van der Waals surface area contributed by atoms with Crippen molar-refractivity contribution in [3.63, 3.8) is 0 Å². The summed E-state index contributed by atoms with van der Waals surface area (Å²) in [6.45, 7) is 3.68. The van der Waals surface area contributed by atoms with Crippen molar-refractivity contribution in [3.8, 4) is 0 Å². The molecular weight excluding hydrogens is 240 g/mol. The quantitative estimate of drug-likeness (QED) is 0.897. The van der Waals surface area contributed by atoms with E-state index in [1.165, 1.54) is 55.1 Å². The van der Waals surface area contributed by atoms with Gasteiger partial charge in [-0.1, -0.05) is 12.1 Å². The average molecular weight is 262 g/mol. The zero-order valence-corrected chi connectivity index (χ0v) is 11.7. The molecule has 98 valence electrons. The molecule has 1 aromatic carbocycles. The molecule has 1 unspecified atom stereocenters. The SMILES string of the molecule is c1cc(NC2CCSC2)ccc1CN1CCCC1. The third-order valence-corrected chi connectivity index (χ3v) is 5.02. The number of hydrogen-bond acceptors (Lipinski definition) is 3. The third kappa shape index (κ3) is 3.21. The van der Waals surface area contributed by atoms with E-state index in [1.54, 1.807) is 0 Å². The summed E-state index contributed by atoms with van der Waals surface area (Å²) in [6, 6.07) is 9.73. The normalized spacial score (nSPS) is 24.6. The molecule has 0 spiro atoms. The van der Waals surface area contributed by atoms with Gasteiger partial charge in [0.05, 0.1) is 0 Å². The molecule has 1 atom stereocenters. The molecular formula is C15H22N2S. The van der Waals surface area contributed by atoms with Crippen LogP contribution in [0.5, 0.6) is 0 Å². The van der Waals surface area contributed by atoms with E-state index in [0.717, 1.165) is 6.54 Å². The average Bonchev–Trinajstić information content (AvgIpc) is 3.05. The van der Waals surface area contributed by atoms with Gasteiger partial charge in [-0.25, -0.2) is 0 Å².